The van der Waals surface area contributed by atoms with Gasteiger partial charge < -0.3 is 30.7 Å². The molecule has 0 aromatic carbocycles. The van der Waals surface area contributed by atoms with Crippen molar-refractivity contribution in [1.29, 1.82) is 0 Å². The Morgan fingerprint density at radius 3 is 2.63 bits per heavy atom. The maximum atomic E-state index is 12.7. The summed E-state index contributed by atoms with van der Waals surface area (Å²) in [6.45, 7) is 4.68. The second-order valence-corrected chi connectivity index (χ2v) is 9.22. The number of aliphatic hydroxyl groups excluding tert-OH is 3. The lowest BCUT2D eigenvalue weighted by Crippen LogP contribution is -2.65. The summed E-state index contributed by atoms with van der Waals surface area (Å²) >= 11 is 7.52. The number of hydrogen-bond acceptors (Lipinski definition) is 7. The van der Waals surface area contributed by atoms with Crippen molar-refractivity contribution in [3.63, 3.8) is 0 Å². The average molecular weight is 425 g/mol. The number of ether oxygens (including phenoxy) is 1. The second kappa shape index (κ2) is 10.6. The molecule has 2 aliphatic heterocycles. The number of alkyl halides is 1. The molecule has 27 heavy (non-hydrogen) atoms. The van der Waals surface area contributed by atoms with Crippen LogP contribution < -0.4 is 10.6 Å². The first-order valence-corrected chi connectivity index (χ1v) is 11.4. The monoisotopic (exact) mass is 424 g/mol. The van der Waals surface area contributed by atoms with Gasteiger partial charge in [0.1, 0.15) is 29.9 Å². The fraction of sp³-hybridized carbons (Fsp3) is 0.944. The third kappa shape index (κ3) is 5.72. The number of aliphatic hydroxyl groups is 3. The predicted molar refractivity (Wildman–Crippen MR) is 107 cm³/mol. The molecule has 9 atom stereocenters. The van der Waals surface area contributed by atoms with Crippen molar-refractivity contribution in [3.05, 3.63) is 0 Å². The van der Waals surface area contributed by atoms with Gasteiger partial charge in [0, 0.05) is 0 Å². The van der Waals surface area contributed by atoms with E-state index in [1.165, 1.54) is 11.8 Å². The van der Waals surface area contributed by atoms with Gasteiger partial charge in [0.25, 0.3) is 0 Å². The van der Waals surface area contributed by atoms with Crippen molar-refractivity contribution in [3.8, 4) is 0 Å². The minimum atomic E-state index is -1.36. The zero-order valence-electron chi connectivity index (χ0n) is 16.2. The zero-order chi connectivity index (χ0) is 20.1. The molecule has 7 nitrogen and oxygen atoms in total. The molecule has 5 N–H and O–H groups in total. The average Bonchev–Trinajstić information content (AvgIpc) is 3.12. The minimum Gasteiger partial charge on any atom is -0.388 e. The SMILES string of the molecule is CCCC[C@H]1CN[C@H](C(=O)NC(C(C)Cl)[C@H]2O[C@H](SC)[C@H](O)[C@@H](O)[C@H]2O)C1. The first kappa shape index (κ1) is 23.2. The van der Waals surface area contributed by atoms with Crippen molar-refractivity contribution < 1.29 is 24.9 Å². The van der Waals surface area contributed by atoms with Crippen molar-refractivity contribution in [2.24, 2.45) is 5.92 Å². The maximum Gasteiger partial charge on any atom is 0.237 e. The number of carbonyl (C=O) groups is 1. The van der Waals surface area contributed by atoms with E-state index in [-0.39, 0.29) is 11.9 Å². The Hall–Kier alpha value is -0.0900. The molecule has 0 bridgehead atoms. The van der Waals surface area contributed by atoms with E-state index in [4.69, 9.17) is 16.3 Å². The number of thioether (sulfide) groups is 1. The van der Waals surface area contributed by atoms with Gasteiger partial charge in [-0.1, -0.05) is 19.8 Å². The van der Waals surface area contributed by atoms with Crippen molar-refractivity contribution in [1.82, 2.24) is 10.6 Å². The lowest BCUT2D eigenvalue weighted by molar-refractivity contribution is -0.205. The van der Waals surface area contributed by atoms with Gasteiger partial charge in [0.05, 0.1) is 17.5 Å². The number of amides is 1. The van der Waals surface area contributed by atoms with Gasteiger partial charge in [-0.05, 0) is 38.5 Å². The quantitative estimate of drug-likeness (QED) is 0.359. The minimum absolute atomic E-state index is 0.177. The van der Waals surface area contributed by atoms with Crippen LogP contribution in [0, 0.1) is 5.92 Å². The van der Waals surface area contributed by atoms with Crippen LogP contribution >= 0.6 is 23.4 Å². The highest BCUT2D eigenvalue weighted by molar-refractivity contribution is 7.99. The summed E-state index contributed by atoms with van der Waals surface area (Å²) in [5.74, 6) is 0.311. The normalized spacial score (nSPS) is 39.1. The number of halogens is 1. The van der Waals surface area contributed by atoms with Gasteiger partial charge in [-0.3, -0.25) is 4.79 Å². The van der Waals surface area contributed by atoms with Crippen LogP contribution in [0.5, 0.6) is 0 Å². The van der Waals surface area contributed by atoms with Crippen LogP contribution in [-0.2, 0) is 9.53 Å². The van der Waals surface area contributed by atoms with Gasteiger partial charge in [-0.2, -0.15) is 0 Å². The van der Waals surface area contributed by atoms with Gasteiger partial charge in [0.2, 0.25) is 5.91 Å². The van der Waals surface area contributed by atoms with Crippen LogP contribution in [-0.4, -0.2) is 81.3 Å². The first-order valence-electron chi connectivity index (χ1n) is 9.70. The zero-order valence-corrected chi connectivity index (χ0v) is 17.7. The molecule has 0 aromatic heterocycles. The lowest BCUT2D eigenvalue weighted by atomic mass is 9.92. The number of rotatable bonds is 8. The largest absolute Gasteiger partial charge is 0.388 e. The molecule has 0 spiro atoms. The standard InChI is InChI=1S/C18H33ClN2O5S/c1-4-5-6-10-7-11(20-8-10)17(25)21-12(9(2)19)16-14(23)13(22)15(24)18(26-16)27-3/h9-16,18,20,22-24H,4-8H2,1-3H3,(H,21,25)/t9?,10-,11+,12?,13+,14-,15-,16-,18-/m1/s1. The molecule has 9 heteroatoms. The van der Waals surface area contributed by atoms with Crippen LogP contribution in [0.1, 0.15) is 39.5 Å². The van der Waals surface area contributed by atoms with E-state index in [0.717, 1.165) is 32.2 Å². The highest BCUT2D eigenvalue weighted by Crippen LogP contribution is 2.30. The fourth-order valence-corrected chi connectivity index (χ4v) is 4.70. The number of carbonyl (C=O) groups excluding carboxylic acids is 1. The van der Waals surface area contributed by atoms with E-state index in [9.17, 15) is 20.1 Å². The van der Waals surface area contributed by atoms with Gasteiger partial charge in [0.15, 0.2) is 0 Å². The Labute approximate surface area is 170 Å². The molecule has 2 saturated heterocycles. The summed E-state index contributed by atoms with van der Waals surface area (Å²) in [5.41, 5.74) is -0.703. The molecule has 2 unspecified atom stereocenters. The number of nitrogens with one attached hydrogen (secondary N) is 2. The van der Waals surface area contributed by atoms with Crippen molar-refractivity contribution >= 4 is 29.3 Å². The fourth-order valence-electron chi connectivity index (χ4n) is 3.81. The molecule has 2 fully saturated rings. The third-order valence-electron chi connectivity index (χ3n) is 5.50. The Kier molecular flexibility index (Phi) is 9.12. The molecule has 0 aromatic rings. The molecule has 2 aliphatic rings. The molecular weight excluding hydrogens is 392 g/mol. The van der Waals surface area contributed by atoms with Crippen LogP contribution in [0.3, 0.4) is 0 Å². The molecule has 1 amide bonds. The van der Waals surface area contributed by atoms with Crippen LogP contribution in [0.25, 0.3) is 0 Å². The highest BCUT2D eigenvalue weighted by atomic mass is 35.5. The van der Waals surface area contributed by atoms with E-state index in [1.807, 2.05) is 0 Å². The number of unbranched alkanes of at least 4 members (excludes halogenated alkanes) is 1. The van der Waals surface area contributed by atoms with Crippen molar-refractivity contribution in [2.45, 2.75) is 86.8 Å². The number of hydrogen-bond donors (Lipinski definition) is 5. The van der Waals surface area contributed by atoms with Gasteiger partial charge in [-0.25, -0.2) is 0 Å². The Balaban J connectivity index is 2.01. The lowest BCUT2D eigenvalue weighted by Gasteiger charge is -2.44. The smallest absolute Gasteiger partial charge is 0.237 e. The predicted octanol–water partition coefficient (Wildman–Crippen LogP) is 0.437. The maximum absolute atomic E-state index is 12.7. The Morgan fingerprint density at radius 2 is 2.04 bits per heavy atom. The molecular formula is C18H33ClN2O5S. The summed E-state index contributed by atoms with van der Waals surface area (Å²) in [6, 6.07) is -0.986. The van der Waals surface area contributed by atoms with Crippen molar-refractivity contribution in [2.75, 3.05) is 12.8 Å². The molecule has 0 radical (unpaired) electrons. The van der Waals surface area contributed by atoms with Crippen LogP contribution in [0.4, 0.5) is 0 Å². The summed E-state index contributed by atoms with van der Waals surface area (Å²) in [4.78, 5) is 12.7. The van der Waals surface area contributed by atoms with Crippen LogP contribution in [0.2, 0.25) is 0 Å². The van der Waals surface area contributed by atoms with Crippen LogP contribution in [0.15, 0.2) is 0 Å². The Bertz CT molecular complexity index is 485. The molecule has 2 heterocycles. The van der Waals surface area contributed by atoms with E-state index in [1.54, 1.807) is 13.2 Å². The molecule has 2 rings (SSSR count). The molecule has 0 saturated carbocycles. The Morgan fingerprint density at radius 1 is 1.33 bits per heavy atom. The summed E-state index contributed by atoms with van der Waals surface area (Å²) in [7, 11) is 0. The van der Waals surface area contributed by atoms with Gasteiger partial charge in [-0.15, -0.1) is 23.4 Å². The summed E-state index contributed by atoms with van der Waals surface area (Å²) < 4.78 is 5.78. The first-order chi connectivity index (χ1) is 12.8. The third-order valence-corrected chi connectivity index (χ3v) is 6.63. The van der Waals surface area contributed by atoms with E-state index in [2.05, 4.69) is 17.6 Å². The second-order valence-electron chi connectivity index (χ2n) is 7.59. The van der Waals surface area contributed by atoms with E-state index in [0.29, 0.717) is 5.92 Å². The van der Waals surface area contributed by atoms with E-state index >= 15 is 0 Å². The van der Waals surface area contributed by atoms with Gasteiger partial charge >= 0.3 is 0 Å². The topological polar surface area (TPSA) is 111 Å². The summed E-state index contributed by atoms with van der Waals surface area (Å²) in [5, 5.41) is 36.2. The molecule has 158 valence electrons. The summed E-state index contributed by atoms with van der Waals surface area (Å²) in [6.07, 6.45) is 1.10. The van der Waals surface area contributed by atoms with E-state index < -0.39 is 41.3 Å². The highest BCUT2D eigenvalue weighted by Gasteiger charge is 2.48. The molecule has 0 aliphatic carbocycles.